The molecule has 0 spiro atoms. The standard InChI is InChI=1S/C17H17N3O2/c1-3-22-16-7-5-4-6-14(16)20-17(21)12-8-9-13-15(10-12)19-11(2)18-13/h4-10H,3H2,1-2H3,(H,18,19)(H,20,21). The molecule has 0 fully saturated rings. The van der Waals surface area contributed by atoms with Crippen molar-refractivity contribution < 1.29 is 9.53 Å². The van der Waals surface area contributed by atoms with Crippen LogP contribution in [0.25, 0.3) is 11.0 Å². The summed E-state index contributed by atoms with van der Waals surface area (Å²) in [5.74, 6) is 1.31. The highest BCUT2D eigenvalue weighted by Crippen LogP contribution is 2.24. The molecule has 22 heavy (non-hydrogen) atoms. The molecule has 1 heterocycles. The molecule has 0 saturated heterocycles. The lowest BCUT2D eigenvalue weighted by Gasteiger charge is -2.11. The second-order valence-electron chi connectivity index (χ2n) is 4.94. The molecule has 5 nitrogen and oxygen atoms in total. The number of imidazole rings is 1. The van der Waals surface area contributed by atoms with Crippen molar-refractivity contribution in [3.8, 4) is 5.75 Å². The predicted octanol–water partition coefficient (Wildman–Crippen LogP) is 3.52. The summed E-state index contributed by atoms with van der Waals surface area (Å²) in [4.78, 5) is 19.9. The largest absolute Gasteiger partial charge is 0.492 e. The Kier molecular flexibility index (Phi) is 3.78. The van der Waals surface area contributed by atoms with Gasteiger partial charge in [-0.15, -0.1) is 0 Å². The van der Waals surface area contributed by atoms with Gasteiger partial charge in [0.15, 0.2) is 0 Å². The number of aryl methyl sites for hydroxylation is 1. The summed E-state index contributed by atoms with van der Waals surface area (Å²) < 4.78 is 5.52. The van der Waals surface area contributed by atoms with Gasteiger partial charge in [0.05, 0.1) is 23.3 Å². The van der Waals surface area contributed by atoms with Crippen LogP contribution in [0.5, 0.6) is 5.75 Å². The van der Waals surface area contributed by atoms with Crippen LogP contribution in [0, 0.1) is 6.92 Å². The summed E-state index contributed by atoms with van der Waals surface area (Å²) >= 11 is 0. The Morgan fingerprint density at radius 2 is 2.09 bits per heavy atom. The molecule has 0 radical (unpaired) electrons. The number of aromatic amines is 1. The number of carbonyl (C=O) groups is 1. The fraction of sp³-hybridized carbons (Fsp3) is 0.176. The van der Waals surface area contributed by atoms with Crippen LogP contribution >= 0.6 is 0 Å². The third-order valence-corrected chi connectivity index (χ3v) is 3.30. The van der Waals surface area contributed by atoms with Gasteiger partial charge in [-0.2, -0.15) is 0 Å². The molecule has 3 aromatic rings. The number of H-pyrrole nitrogens is 1. The minimum absolute atomic E-state index is 0.179. The van der Waals surface area contributed by atoms with Crippen LogP contribution in [-0.2, 0) is 0 Å². The van der Waals surface area contributed by atoms with Crippen LogP contribution in [0.4, 0.5) is 5.69 Å². The monoisotopic (exact) mass is 295 g/mol. The Morgan fingerprint density at radius 3 is 2.91 bits per heavy atom. The zero-order chi connectivity index (χ0) is 15.5. The van der Waals surface area contributed by atoms with Gasteiger partial charge < -0.3 is 15.0 Å². The fourth-order valence-electron chi connectivity index (χ4n) is 2.32. The van der Waals surface area contributed by atoms with Crippen LogP contribution in [0.15, 0.2) is 42.5 Å². The van der Waals surface area contributed by atoms with Crippen molar-refractivity contribution >= 4 is 22.6 Å². The summed E-state index contributed by atoms with van der Waals surface area (Å²) in [5.41, 5.74) is 2.93. The number of benzene rings is 2. The van der Waals surface area contributed by atoms with Crippen molar-refractivity contribution in [1.29, 1.82) is 0 Å². The number of nitrogens with one attached hydrogen (secondary N) is 2. The third-order valence-electron chi connectivity index (χ3n) is 3.30. The van der Waals surface area contributed by atoms with Gasteiger partial charge in [-0.25, -0.2) is 4.98 Å². The van der Waals surface area contributed by atoms with Gasteiger partial charge in [-0.3, -0.25) is 4.79 Å². The van der Waals surface area contributed by atoms with Crippen molar-refractivity contribution in [2.24, 2.45) is 0 Å². The SMILES string of the molecule is CCOc1ccccc1NC(=O)c1ccc2nc(C)[nH]c2c1. The van der Waals surface area contributed by atoms with E-state index in [0.29, 0.717) is 23.6 Å². The van der Waals surface area contributed by atoms with Crippen molar-refractivity contribution in [3.05, 3.63) is 53.9 Å². The molecular weight excluding hydrogens is 278 g/mol. The summed E-state index contributed by atoms with van der Waals surface area (Å²) in [7, 11) is 0. The van der Waals surface area contributed by atoms with Crippen LogP contribution in [0.3, 0.4) is 0 Å². The molecule has 0 unspecified atom stereocenters. The topological polar surface area (TPSA) is 67.0 Å². The Morgan fingerprint density at radius 1 is 1.27 bits per heavy atom. The van der Waals surface area contributed by atoms with Gasteiger partial charge in [0, 0.05) is 5.56 Å². The van der Waals surface area contributed by atoms with E-state index in [1.54, 1.807) is 12.1 Å². The Balaban J connectivity index is 1.86. The lowest BCUT2D eigenvalue weighted by molar-refractivity contribution is 0.102. The number of hydrogen-bond acceptors (Lipinski definition) is 3. The first-order chi connectivity index (χ1) is 10.7. The molecule has 1 amide bonds. The zero-order valence-corrected chi connectivity index (χ0v) is 12.5. The van der Waals surface area contributed by atoms with Gasteiger partial charge in [0.25, 0.3) is 5.91 Å². The first-order valence-corrected chi connectivity index (χ1v) is 7.17. The lowest BCUT2D eigenvalue weighted by Crippen LogP contribution is -2.12. The molecule has 0 atom stereocenters. The van der Waals surface area contributed by atoms with E-state index < -0.39 is 0 Å². The predicted molar refractivity (Wildman–Crippen MR) is 86.4 cm³/mol. The number of anilines is 1. The summed E-state index contributed by atoms with van der Waals surface area (Å²) in [5, 5.41) is 2.88. The van der Waals surface area contributed by atoms with Gasteiger partial charge in [0.1, 0.15) is 11.6 Å². The van der Waals surface area contributed by atoms with Crippen LogP contribution in [0.1, 0.15) is 23.1 Å². The van der Waals surface area contributed by atoms with Crippen LogP contribution < -0.4 is 10.1 Å². The number of para-hydroxylation sites is 2. The van der Waals surface area contributed by atoms with E-state index >= 15 is 0 Å². The maximum Gasteiger partial charge on any atom is 0.255 e. The number of carbonyl (C=O) groups excluding carboxylic acids is 1. The number of nitrogens with zero attached hydrogens (tertiary/aromatic N) is 1. The second-order valence-corrected chi connectivity index (χ2v) is 4.94. The minimum atomic E-state index is -0.179. The van der Waals surface area contributed by atoms with Gasteiger partial charge in [0.2, 0.25) is 0 Å². The highest BCUT2D eigenvalue weighted by atomic mass is 16.5. The number of amides is 1. The number of fused-ring (bicyclic) bond motifs is 1. The van der Waals surface area contributed by atoms with E-state index in [-0.39, 0.29) is 5.91 Å². The fourth-order valence-corrected chi connectivity index (χ4v) is 2.32. The molecule has 0 aliphatic rings. The molecule has 3 rings (SSSR count). The zero-order valence-electron chi connectivity index (χ0n) is 12.5. The van der Waals surface area contributed by atoms with Crippen LogP contribution in [-0.4, -0.2) is 22.5 Å². The van der Waals surface area contributed by atoms with Gasteiger partial charge >= 0.3 is 0 Å². The summed E-state index contributed by atoms with van der Waals surface area (Å²) in [6.45, 7) is 4.34. The quantitative estimate of drug-likeness (QED) is 0.774. The van der Waals surface area contributed by atoms with Crippen molar-refractivity contribution in [2.45, 2.75) is 13.8 Å². The molecule has 2 N–H and O–H groups in total. The lowest BCUT2D eigenvalue weighted by atomic mass is 10.2. The molecule has 0 aliphatic carbocycles. The van der Waals surface area contributed by atoms with E-state index in [0.717, 1.165) is 16.9 Å². The second kappa shape index (κ2) is 5.89. The highest BCUT2D eigenvalue weighted by molar-refractivity contribution is 6.06. The highest BCUT2D eigenvalue weighted by Gasteiger charge is 2.11. The number of aromatic nitrogens is 2. The smallest absolute Gasteiger partial charge is 0.255 e. The molecule has 2 aromatic carbocycles. The van der Waals surface area contributed by atoms with Crippen molar-refractivity contribution in [1.82, 2.24) is 9.97 Å². The Hall–Kier alpha value is -2.82. The van der Waals surface area contributed by atoms with Crippen molar-refractivity contribution in [2.75, 3.05) is 11.9 Å². The summed E-state index contributed by atoms with van der Waals surface area (Å²) in [6.07, 6.45) is 0. The first kappa shape index (κ1) is 14.1. The molecule has 5 heteroatoms. The number of ether oxygens (including phenoxy) is 1. The molecule has 0 aliphatic heterocycles. The van der Waals surface area contributed by atoms with E-state index in [2.05, 4.69) is 15.3 Å². The van der Waals surface area contributed by atoms with E-state index in [1.807, 2.05) is 44.2 Å². The minimum Gasteiger partial charge on any atom is -0.492 e. The van der Waals surface area contributed by atoms with E-state index in [1.165, 1.54) is 0 Å². The number of rotatable bonds is 4. The van der Waals surface area contributed by atoms with E-state index in [9.17, 15) is 4.79 Å². The molecule has 0 bridgehead atoms. The Labute approximate surface area is 128 Å². The normalized spacial score (nSPS) is 10.6. The van der Waals surface area contributed by atoms with Crippen molar-refractivity contribution in [3.63, 3.8) is 0 Å². The molecule has 1 aromatic heterocycles. The molecule has 0 saturated carbocycles. The molecular formula is C17H17N3O2. The first-order valence-electron chi connectivity index (χ1n) is 7.17. The summed E-state index contributed by atoms with van der Waals surface area (Å²) in [6, 6.07) is 12.8. The third kappa shape index (κ3) is 2.79. The maximum atomic E-state index is 12.4. The van der Waals surface area contributed by atoms with Crippen LogP contribution in [0.2, 0.25) is 0 Å². The Bertz CT molecular complexity index is 824. The maximum absolute atomic E-state index is 12.4. The average molecular weight is 295 g/mol. The van der Waals surface area contributed by atoms with E-state index in [4.69, 9.17) is 4.74 Å². The van der Waals surface area contributed by atoms with Gasteiger partial charge in [-0.1, -0.05) is 12.1 Å². The number of hydrogen-bond donors (Lipinski definition) is 2. The average Bonchev–Trinajstić information content (AvgIpc) is 2.88. The molecule has 112 valence electrons. The van der Waals surface area contributed by atoms with Gasteiger partial charge in [-0.05, 0) is 44.2 Å².